The van der Waals surface area contributed by atoms with Crippen molar-refractivity contribution in [3.05, 3.63) is 29.3 Å². The van der Waals surface area contributed by atoms with Crippen molar-refractivity contribution in [3.63, 3.8) is 0 Å². The number of hydrogen-bond acceptors (Lipinski definition) is 4. The van der Waals surface area contributed by atoms with E-state index in [4.69, 9.17) is 4.74 Å². The molecular weight excluding hydrogens is 419 g/mol. The molecular formula is C25H43NaO4S. The molecule has 1 aromatic carbocycles. The van der Waals surface area contributed by atoms with Gasteiger partial charge in [0.05, 0.1) is 5.25 Å². The van der Waals surface area contributed by atoms with Gasteiger partial charge in [0, 0.05) is 0 Å². The summed E-state index contributed by atoms with van der Waals surface area (Å²) in [5.41, 5.74) is 2.70. The Morgan fingerprint density at radius 2 is 1.29 bits per heavy atom. The Kier molecular flexibility index (Phi) is 18.3. The quantitative estimate of drug-likeness (QED) is 0.189. The molecule has 0 heterocycles. The molecule has 4 nitrogen and oxygen atoms in total. The topological polar surface area (TPSA) is 66.4 Å². The summed E-state index contributed by atoms with van der Waals surface area (Å²) in [7, 11) is -4.31. The fourth-order valence-corrected chi connectivity index (χ4v) is 3.89. The van der Waals surface area contributed by atoms with E-state index in [9.17, 15) is 13.0 Å². The number of unbranched alkanes of at least 4 members (excludes halogenated alkanes) is 10. The van der Waals surface area contributed by atoms with Crippen LogP contribution in [0.2, 0.25) is 0 Å². The Balaban J connectivity index is 0.00000900. The molecule has 0 aromatic heterocycles. The first-order chi connectivity index (χ1) is 14.4. The first-order valence-electron chi connectivity index (χ1n) is 12.1. The maximum absolute atomic E-state index is 11.1. The Hall–Kier alpha value is -0.0700. The van der Waals surface area contributed by atoms with E-state index in [2.05, 4.69) is 26.0 Å². The van der Waals surface area contributed by atoms with Crippen molar-refractivity contribution in [1.82, 2.24) is 0 Å². The van der Waals surface area contributed by atoms with E-state index in [0.29, 0.717) is 5.75 Å². The van der Waals surface area contributed by atoms with Crippen LogP contribution in [0.25, 0.3) is 0 Å². The van der Waals surface area contributed by atoms with Crippen molar-refractivity contribution in [2.75, 3.05) is 6.61 Å². The number of rotatable bonds is 18. The van der Waals surface area contributed by atoms with E-state index in [0.717, 1.165) is 12.8 Å². The van der Waals surface area contributed by atoms with Gasteiger partial charge in [0.1, 0.15) is 22.5 Å². The third-order valence-corrected chi connectivity index (χ3v) is 6.88. The third kappa shape index (κ3) is 14.6. The number of ether oxygens (including phenoxy) is 1. The number of hydrogen-bond donors (Lipinski definition) is 0. The van der Waals surface area contributed by atoms with Gasteiger partial charge in [-0.15, -0.1) is 0 Å². The van der Waals surface area contributed by atoms with Crippen LogP contribution in [0.3, 0.4) is 0 Å². The SMILES string of the molecule is CCCCCCCCc1ccc(OCC(C)S(=O)(=O)[O-])cc1CCCCCCCC.[Na+]. The molecule has 6 heteroatoms. The minimum Gasteiger partial charge on any atom is -0.748 e. The molecule has 31 heavy (non-hydrogen) atoms. The maximum Gasteiger partial charge on any atom is 1.00 e. The first kappa shape index (κ1) is 30.9. The molecule has 0 saturated heterocycles. The molecule has 1 atom stereocenters. The van der Waals surface area contributed by atoms with E-state index in [1.807, 2.05) is 6.07 Å². The van der Waals surface area contributed by atoms with Crippen LogP contribution in [0.15, 0.2) is 18.2 Å². The second-order valence-corrected chi connectivity index (χ2v) is 10.4. The van der Waals surface area contributed by atoms with Crippen LogP contribution in [-0.4, -0.2) is 24.8 Å². The van der Waals surface area contributed by atoms with Crippen LogP contribution < -0.4 is 34.3 Å². The van der Waals surface area contributed by atoms with Crippen LogP contribution >= 0.6 is 0 Å². The molecule has 0 bridgehead atoms. The van der Waals surface area contributed by atoms with Gasteiger partial charge >= 0.3 is 29.6 Å². The molecule has 174 valence electrons. The fourth-order valence-electron chi connectivity index (χ4n) is 3.66. The van der Waals surface area contributed by atoms with Crippen LogP contribution in [0, 0.1) is 0 Å². The van der Waals surface area contributed by atoms with Gasteiger partial charge < -0.3 is 9.29 Å². The molecule has 1 rings (SSSR count). The number of aryl methyl sites for hydroxylation is 2. The van der Waals surface area contributed by atoms with Crippen molar-refractivity contribution in [3.8, 4) is 5.75 Å². The van der Waals surface area contributed by atoms with Gasteiger partial charge in [-0.25, -0.2) is 8.42 Å². The van der Waals surface area contributed by atoms with Gasteiger partial charge in [-0.1, -0.05) is 84.1 Å². The summed E-state index contributed by atoms with van der Waals surface area (Å²) < 4.78 is 38.9. The molecule has 1 unspecified atom stereocenters. The van der Waals surface area contributed by atoms with Crippen LogP contribution in [-0.2, 0) is 23.0 Å². The maximum atomic E-state index is 11.1. The second kappa shape index (κ2) is 18.4. The number of benzene rings is 1. The Morgan fingerprint density at radius 3 is 1.81 bits per heavy atom. The summed E-state index contributed by atoms with van der Waals surface area (Å²) in [6.45, 7) is 5.77. The van der Waals surface area contributed by atoms with Crippen LogP contribution in [0.4, 0.5) is 0 Å². The molecule has 0 spiro atoms. The Labute approximate surface area is 214 Å². The molecule has 0 fully saturated rings. The zero-order valence-corrected chi connectivity index (χ0v) is 23.3. The van der Waals surface area contributed by atoms with Gasteiger partial charge in [0.15, 0.2) is 0 Å². The van der Waals surface area contributed by atoms with Gasteiger partial charge in [0.25, 0.3) is 0 Å². The van der Waals surface area contributed by atoms with E-state index >= 15 is 0 Å². The summed E-state index contributed by atoms with van der Waals surface area (Å²) in [5.74, 6) is 0.665. The summed E-state index contributed by atoms with van der Waals surface area (Å²) in [5, 5.41) is -1.04. The van der Waals surface area contributed by atoms with Gasteiger partial charge in [0.2, 0.25) is 0 Å². The predicted molar refractivity (Wildman–Crippen MR) is 125 cm³/mol. The average Bonchev–Trinajstić information content (AvgIpc) is 2.71. The van der Waals surface area contributed by atoms with Crippen molar-refractivity contribution in [2.45, 2.75) is 116 Å². The molecule has 0 amide bonds. The Bertz CT molecular complexity index is 676. The normalized spacial score (nSPS) is 12.4. The van der Waals surface area contributed by atoms with Crippen LogP contribution in [0.5, 0.6) is 5.75 Å². The Morgan fingerprint density at radius 1 is 0.806 bits per heavy atom. The zero-order valence-electron chi connectivity index (χ0n) is 20.5. The van der Waals surface area contributed by atoms with Gasteiger partial charge in [-0.05, 0) is 55.9 Å². The monoisotopic (exact) mass is 462 g/mol. The van der Waals surface area contributed by atoms with Crippen molar-refractivity contribution in [1.29, 1.82) is 0 Å². The predicted octanol–water partition coefficient (Wildman–Crippen LogP) is 3.81. The van der Waals surface area contributed by atoms with Crippen molar-refractivity contribution >= 4 is 10.1 Å². The molecule has 0 radical (unpaired) electrons. The second-order valence-electron chi connectivity index (χ2n) is 8.58. The fraction of sp³-hybridized carbons (Fsp3) is 0.760. The first-order valence-corrected chi connectivity index (χ1v) is 13.5. The summed E-state index contributed by atoms with van der Waals surface area (Å²) in [6.07, 6.45) is 17.4. The van der Waals surface area contributed by atoms with Crippen molar-refractivity contribution in [2.24, 2.45) is 0 Å². The average molecular weight is 463 g/mol. The zero-order chi connectivity index (χ0) is 22.2. The summed E-state index contributed by atoms with van der Waals surface area (Å²) in [4.78, 5) is 0. The molecule has 0 aliphatic carbocycles. The van der Waals surface area contributed by atoms with E-state index in [-0.39, 0.29) is 36.2 Å². The largest absolute Gasteiger partial charge is 1.00 e. The molecule has 0 aliphatic heterocycles. The van der Waals surface area contributed by atoms with Crippen LogP contribution in [0.1, 0.15) is 109 Å². The standard InChI is InChI=1S/C25H44O4S.Na/c1-4-6-8-10-12-14-16-23-18-19-25(29-21-22(3)30(26,27)28)20-24(23)17-15-13-11-9-7-5-2;/h18-20,22H,4-17,21H2,1-3H3,(H,26,27,28);/q;+1/p-1. The minimum atomic E-state index is -4.31. The van der Waals surface area contributed by atoms with E-state index in [1.165, 1.54) is 95.1 Å². The van der Waals surface area contributed by atoms with E-state index < -0.39 is 15.4 Å². The summed E-state index contributed by atoms with van der Waals surface area (Å²) >= 11 is 0. The molecule has 1 aromatic rings. The summed E-state index contributed by atoms with van der Waals surface area (Å²) in [6, 6.07) is 6.11. The van der Waals surface area contributed by atoms with E-state index in [1.54, 1.807) is 0 Å². The van der Waals surface area contributed by atoms with Crippen molar-refractivity contribution < 1.29 is 47.3 Å². The smallest absolute Gasteiger partial charge is 0.748 e. The van der Waals surface area contributed by atoms with Gasteiger partial charge in [-0.3, -0.25) is 0 Å². The molecule has 0 aliphatic rings. The molecule has 0 N–H and O–H groups in total. The minimum absolute atomic E-state index is 0. The molecule has 0 saturated carbocycles. The third-order valence-electron chi connectivity index (χ3n) is 5.75. The van der Waals surface area contributed by atoms with Gasteiger partial charge in [-0.2, -0.15) is 0 Å².